The molecule has 0 unspecified atom stereocenters. The van der Waals surface area contributed by atoms with Gasteiger partial charge in [0.25, 0.3) is 5.91 Å². The molecule has 0 radical (unpaired) electrons. The SMILES string of the molecule is COc1ccc(NC(=O)c2cc(C)nc3c2cnn3Cc2cccs2)c(OC)c1. The lowest BCUT2D eigenvalue weighted by atomic mass is 10.1. The van der Waals surface area contributed by atoms with Gasteiger partial charge in [0.15, 0.2) is 5.65 Å². The molecule has 0 saturated carbocycles. The summed E-state index contributed by atoms with van der Waals surface area (Å²) in [7, 11) is 3.13. The maximum Gasteiger partial charge on any atom is 0.256 e. The number of hydrogen-bond donors (Lipinski definition) is 1. The lowest BCUT2D eigenvalue weighted by molar-refractivity contribution is 0.102. The van der Waals surface area contributed by atoms with E-state index in [-0.39, 0.29) is 5.91 Å². The molecule has 0 atom stereocenters. The zero-order chi connectivity index (χ0) is 20.4. The third kappa shape index (κ3) is 3.79. The smallest absolute Gasteiger partial charge is 0.256 e. The monoisotopic (exact) mass is 408 g/mol. The van der Waals surface area contributed by atoms with Crippen LogP contribution in [0, 0.1) is 6.92 Å². The molecule has 3 aromatic heterocycles. The summed E-state index contributed by atoms with van der Waals surface area (Å²) in [5, 5.41) is 10.1. The number of fused-ring (bicyclic) bond motifs is 1. The zero-order valence-corrected chi connectivity index (χ0v) is 17.1. The van der Waals surface area contributed by atoms with Crippen LogP contribution < -0.4 is 14.8 Å². The summed E-state index contributed by atoms with van der Waals surface area (Å²) in [6, 6.07) is 11.1. The van der Waals surface area contributed by atoms with Gasteiger partial charge in [-0.15, -0.1) is 11.3 Å². The molecule has 0 aliphatic carbocycles. The largest absolute Gasteiger partial charge is 0.497 e. The van der Waals surface area contributed by atoms with Crippen molar-refractivity contribution in [1.29, 1.82) is 0 Å². The third-order valence-corrected chi connectivity index (χ3v) is 5.39. The summed E-state index contributed by atoms with van der Waals surface area (Å²) >= 11 is 1.66. The molecule has 3 heterocycles. The van der Waals surface area contributed by atoms with Crippen molar-refractivity contribution in [3.05, 3.63) is 64.1 Å². The minimum Gasteiger partial charge on any atom is -0.497 e. The quantitative estimate of drug-likeness (QED) is 0.519. The Morgan fingerprint density at radius 2 is 2.07 bits per heavy atom. The molecule has 0 saturated heterocycles. The summed E-state index contributed by atoms with van der Waals surface area (Å²) in [5.41, 5.74) is 2.51. The molecule has 4 rings (SSSR count). The Kier molecular flexibility index (Phi) is 5.18. The fourth-order valence-corrected chi connectivity index (χ4v) is 3.80. The van der Waals surface area contributed by atoms with Crippen LogP contribution in [0.5, 0.6) is 11.5 Å². The van der Waals surface area contributed by atoms with Crippen LogP contribution in [0.1, 0.15) is 20.9 Å². The Balaban J connectivity index is 1.68. The standard InChI is InChI=1S/C21H20N4O3S/c1-13-9-16(21(26)24-18-7-6-14(27-2)10-19(18)28-3)17-11-22-25(20(17)23-13)12-15-5-4-8-29-15/h4-11H,12H2,1-3H3,(H,24,26). The molecule has 1 N–H and O–H groups in total. The normalized spacial score (nSPS) is 10.9. The lowest BCUT2D eigenvalue weighted by Gasteiger charge is -2.12. The van der Waals surface area contributed by atoms with Gasteiger partial charge in [-0.2, -0.15) is 5.10 Å². The number of hydrogen-bond acceptors (Lipinski definition) is 6. The number of ether oxygens (including phenoxy) is 2. The van der Waals surface area contributed by atoms with E-state index < -0.39 is 0 Å². The lowest BCUT2D eigenvalue weighted by Crippen LogP contribution is -2.14. The van der Waals surface area contributed by atoms with E-state index in [2.05, 4.69) is 21.5 Å². The van der Waals surface area contributed by atoms with Crippen molar-refractivity contribution >= 4 is 34.0 Å². The van der Waals surface area contributed by atoms with E-state index in [1.54, 1.807) is 56.0 Å². The van der Waals surface area contributed by atoms with E-state index in [1.165, 1.54) is 4.88 Å². The van der Waals surface area contributed by atoms with Crippen LogP contribution in [0.4, 0.5) is 5.69 Å². The van der Waals surface area contributed by atoms with Gasteiger partial charge in [0.1, 0.15) is 11.5 Å². The number of methoxy groups -OCH3 is 2. The van der Waals surface area contributed by atoms with Crippen molar-refractivity contribution in [3.63, 3.8) is 0 Å². The Bertz CT molecular complexity index is 1170. The van der Waals surface area contributed by atoms with Gasteiger partial charge in [-0.1, -0.05) is 6.07 Å². The number of thiophene rings is 1. The van der Waals surface area contributed by atoms with Gasteiger partial charge in [-0.3, -0.25) is 4.79 Å². The first kappa shape index (κ1) is 18.9. The van der Waals surface area contributed by atoms with Crippen LogP contribution in [0.15, 0.2) is 48.0 Å². The number of anilines is 1. The molecule has 0 aliphatic rings. The predicted molar refractivity (Wildman–Crippen MR) is 113 cm³/mol. The summed E-state index contributed by atoms with van der Waals surface area (Å²) in [5.74, 6) is 0.921. The number of carbonyl (C=O) groups is 1. The maximum absolute atomic E-state index is 13.1. The van der Waals surface area contributed by atoms with E-state index >= 15 is 0 Å². The molecule has 4 aromatic rings. The van der Waals surface area contributed by atoms with Crippen molar-refractivity contribution in [2.45, 2.75) is 13.5 Å². The van der Waals surface area contributed by atoms with E-state index in [1.807, 2.05) is 23.1 Å². The van der Waals surface area contributed by atoms with Crippen molar-refractivity contribution < 1.29 is 14.3 Å². The molecule has 148 valence electrons. The third-order valence-electron chi connectivity index (χ3n) is 4.52. The summed E-state index contributed by atoms with van der Waals surface area (Å²) in [6.45, 7) is 2.48. The first-order valence-corrected chi connectivity index (χ1v) is 9.86. The molecule has 1 amide bonds. The van der Waals surface area contributed by atoms with E-state index in [0.717, 1.165) is 5.69 Å². The van der Waals surface area contributed by atoms with E-state index in [4.69, 9.17) is 9.47 Å². The molecule has 0 bridgehead atoms. The highest BCUT2D eigenvalue weighted by Crippen LogP contribution is 2.30. The average Bonchev–Trinajstić information content (AvgIpc) is 3.38. The fourth-order valence-electron chi connectivity index (χ4n) is 3.12. The first-order chi connectivity index (χ1) is 14.1. The van der Waals surface area contributed by atoms with Crippen LogP contribution >= 0.6 is 11.3 Å². The number of aryl methyl sites for hydroxylation is 1. The van der Waals surface area contributed by atoms with Gasteiger partial charge in [0.05, 0.1) is 43.6 Å². The summed E-state index contributed by atoms with van der Waals surface area (Å²) < 4.78 is 12.4. The highest BCUT2D eigenvalue weighted by Gasteiger charge is 2.18. The number of benzene rings is 1. The minimum atomic E-state index is -0.250. The Labute approximate surface area is 171 Å². The van der Waals surface area contributed by atoms with Crippen molar-refractivity contribution in [2.24, 2.45) is 0 Å². The van der Waals surface area contributed by atoms with Crippen molar-refractivity contribution in [3.8, 4) is 11.5 Å². The van der Waals surface area contributed by atoms with E-state index in [9.17, 15) is 4.79 Å². The highest BCUT2D eigenvalue weighted by atomic mass is 32.1. The van der Waals surface area contributed by atoms with Crippen molar-refractivity contribution in [2.75, 3.05) is 19.5 Å². The topological polar surface area (TPSA) is 78.3 Å². The van der Waals surface area contributed by atoms with Gasteiger partial charge >= 0.3 is 0 Å². The number of rotatable bonds is 6. The first-order valence-electron chi connectivity index (χ1n) is 8.98. The van der Waals surface area contributed by atoms with Gasteiger partial charge in [0, 0.05) is 16.6 Å². The zero-order valence-electron chi connectivity index (χ0n) is 16.3. The summed E-state index contributed by atoms with van der Waals surface area (Å²) in [6.07, 6.45) is 1.69. The Hall–Kier alpha value is -3.39. The maximum atomic E-state index is 13.1. The van der Waals surface area contributed by atoms with Gasteiger partial charge in [0.2, 0.25) is 0 Å². The number of carbonyl (C=O) groups excluding carboxylic acids is 1. The van der Waals surface area contributed by atoms with Crippen LogP contribution in [0.25, 0.3) is 11.0 Å². The number of nitrogens with zero attached hydrogens (tertiary/aromatic N) is 3. The van der Waals surface area contributed by atoms with Crippen LogP contribution in [0.3, 0.4) is 0 Å². The fraction of sp³-hybridized carbons (Fsp3) is 0.190. The molecule has 0 fully saturated rings. The number of amides is 1. The second-order valence-corrected chi connectivity index (χ2v) is 7.48. The van der Waals surface area contributed by atoms with Crippen LogP contribution in [-0.4, -0.2) is 34.9 Å². The van der Waals surface area contributed by atoms with Crippen LogP contribution in [0.2, 0.25) is 0 Å². The molecule has 29 heavy (non-hydrogen) atoms. The Morgan fingerprint density at radius 1 is 1.21 bits per heavy atom. The summed E-state index contributed by atoms with van der Waals surface area (Å²) in [4.78, 5) is 18.8. The van der Waals surface area contributed by atoms with Gasteiger partial charge in [-0.05, 0) is 36.6 Å². The highest BCUT2D eigenvalue weighted by molar-refractivity contribution is 7.09. The Morgan fingerprint density at radius 3 is 2.79 bits per heavy atom. The number of nitrogens with one attached hydrogen (secondary N) is 1. The predicted octanol–water partition coefficient (Wildman–Crippen LogP) is 4.12. The van der Waals surface area contributed by atoms with Crippen molar-refractivity contribution in [1.82, 2.24) is 14.8 Å². The molecular weight excluding hydrogens is 388 g/mol. The van der Waals surface area contributed by atoms with Crippen LogP contribution in [-0.2, 0) is 6.54 Å². The number of pyridine rings is 1. The molecule has 8 heteroatoms. The van der Waals surface area contributed by atoms with Gasteiger partial charge < -0.3 is 14.8 Å². The molecular formula is C21H20N4O3S. The second kappa shape index (κ2) is 7.92. The number of aromatic nitrogens is 3. The van der Waals surface area contributed by atoms with Gasteiger partial charge in [-0.25, -0.2) is 9.67 Å². The molecule has 0 spiro atoms. The molecule has 0 aliphatic heterocycles. The molecule has 7 nitrogen and oxygen atoms in total. The molecule has 1 aromatic carbocycles. The average molecular weight is 408 g/mol. The second-order valence-electron chi connectivity index (χ2n) is 6.45. The minimum absolute atomic E-state index is 0.250. The van der Waals surface area contributed by atoms with E-state index in [0.29, 0.717) is 40.3 Å².